The third-order valence-electron chi connectivity index (χ3n) is 24.9. The molecule has 98 heavy (non-hydrogen) atoms. The van der Waals surface area contributed by atoms with Crippen LogP contribution in [-0.4, -0.2) is 0 Å². The summed E-state index contributed by atoms with van der Waals surface area (Å²) >= 11 is 0. The molecule has 0 aliphatic heterocycles. The number of rotatable bonds is 31. The third-order valence-corrected chi connectivity index (χ3v) is 24.9. The second-order valence-corrected chi connectivity index (χ2v) is 31.9. The Labute approximate surface area is 587 Å². The van der Waals surface area contributed by atoms with Crippen molar-refractivity contribution in [1.82, 2.24) is 0 Å². The van der Waals surface area contributed by atoms with Gasteiger partial charge in [0.1, 0.15) is 22.3 Å². The first-order chi connectivity index (χ1) is 47.9. The molecule has 4 aliphatic carbocycles. The van der Waals surface area contributed by atoms with Gasteiger partial charge in [-0.05, 0) is 183 Å². The largest absolute Gasteiger partial charge is 0.456 e. The number of para-hydroxylation sites is 2. The van der Waals surface area contributed by atoms with E-state index in [2.05, 4.69) is 225 Å². The van der Waals surface area contributed by atoms with Gasteiger partial charge in [-0.2, -0.15) is 0 Å². The van der Waals surface area contributed by atoms with E-state index in [0.717, 1.165) is 35.2 Å². The molecule has 0 radical (unpaired) electrons. The molecule has 2 aromatic heterocycles. The minimum absolute atomic E-state index is 0.0920. The Morgan fingerprint density at radius 2 is 0.745 bits per heavy atom. The molecule has 0 amide bonds. The smallest absolute Gasteiger partial charge is 0.144 e. The monoisotopic (exact) mass is 1300 g/mol. The van der Waals surface area contributed by atoms with Gasteiger partial charge in [-0.3, -0.25) is 0 Å². The van der Waals surface area contributed by atoms with E-state index in [1.807, 2.05) is 0 Å². The van der Waals surface area contributed by atoms with Crippen molar-refractivity contribution in [1.29, 1.82) is 0 Å². The van der Waals surface area contributed by atoms with Crippen LogP contribution in [0.5, 0.6) is 0 Å². The Bertz CT molecular complexity index is 4700. The summed E-state index contributed by atoms with van der Waals surface area (Å²) in [7, 11) is 0. The Balaban J connectivity index is 0.933. The number of hydrogen-bond donors (Lipinski definition) is 0. The number of fused-ring (bicyclic) bond motifs is 22. The molecule has 0 spiro atoms. The lowest BCUT2D eigenvalue weighted by Crippen LogP contribution is -2.27. The topological polar surface area (TPSA) is 29.5 Å². The Kier molecular flexibility index (Phi) is 18.6. The van der Waals surface area contributed by atoms with E-state index in [0.29, 0.717) is 0 Å². The molecule has 3 heteroatoms. The second-order valence-electron chi connectivity index (χ2n) is 31.9. The maximum absolute atomic E-state index is 7.14. The van der Waals surface area contributed by atoms with Crippen molar-refractivity contribution < 1.29 is 8.83 Å². The van der Waals surface area contributed by atoms with E-state index in [1.54, 1.807) is 22.3 Å². The molecule has 3 nitrogen and oxygen atoms in total. The molecular formula is C95H109NO2. The van der Waals surface area contributed by atoms with Gasteiger partial charge in [-0.25, -0.2) is 0 Å². The van der Waals surface area contributed by atoms with Crippen molar-refractivity contribution >= 4 is 60.9 Å². The van der Waals surface area contributed by atoms with E-state index < -0.39 is 0 Å². The zero-order valence-electron chi connectivity index (χ0n) is 61.1. The fourth-order valence-electron chi connectivity index (χ4n) is 19.9. The van der Waals surface area contributed by atoms with E-state index in [4.69, 9.17) is 8.83 Å². The van der Waals surface area contributed by atoms with Crippen molar-refractivity contribution in [3.05, 3.63) is 208 Å². The molecule has 0 bridgehead atoms. The molecule has 15 rings (SSSR count). The summed E-state index contributed by atoms with van der Waals surface area (Å²) in [6.07, 6.45) is 35.7. The Hall–Kier alpha value is -7.62. The number of benzene rings is 9. The van der Waals surface area contributed by atoms with Crippen LogP contribution in [0.15, 0.2) is 167 Å². The van der Waals surface area contributed by atoms with Crippen LogP contribution in [0.4, 0.5) is 17.1 Å². The average Bonchev–Trinajstić information content (AvgIpc) is 1.51. The normalized spacial score (nSPS) is 15.2. The van der Waals surface area contributed by atoms with Crippen LogP contribution in [0, 0.1) is 6.92 Å². The molecule has 0 N–H and O–H groups in total. The van der Waals surface area contributed by atoms with Crippen LogP contribution < -0.4 is 4.90 Å². The van der Waals surface area contributed by atoms with Gasteiger partial charge in [0.25, 0.3) is 0 Å². The minimum Gasteiger partial charge on any atom is -0.456 e. The lowest BCUT2D eigenvalue weighted by Gasteiger charge is -2.35. The molecule has 0 unspecified atom stereocenters. The molecule has 506 valence electrons. The quantitative estimate of drug-likeness (QED) is 0.0406. The molecule has 2 heterocycles. The fourth-order valence-corrected chi connectivity index (χ4v) is 19.9. The average molecular weight is 1300 g/mol. The summed E-state index contributed by atoms with van der Waals surface area (Å²) in [5, 5.41) is 5.04. The highest BCUT2D eigenvalue weighted by Gasteiger charge is 2.51. The number of hydrogen-bond acceptors (Lipinski definition) is 3. The molecule has 0 atom stereocenters. The first-order valence-corrected chi connectivity index (χ1v) is 39.3. The molecule has 9 aromatic carbocycles. The highest BCUT2D eigenvalue weighted by Crippen LogP contribution is 2.66. The third kappa shape index (κ3) is 11.1. The van der Waals surface area contributed by atoms with Crippen LogP contribution in [0.25, 0.3) is 88.4 Å². The summed E-state index contributed by atoms with van der Waals surface area (Å²) in [6.45, 7) is 21.6. The first-order valence-electron chi connectivity index (χ1n) is 39.3. The number of aryl methyl sites for hydroxylation is 1. The van der Waals surface area contributed by atoms with Crippen LogP contribution in [-0.2, 0) is 21.7 Å². The predicted octanol–water partition coefficient (Wildman–Crippen LogP) is 29.4. The number of furan rings is 2. The van der Waals surface area contributed by atoms with Crippen LogP contribution in [0.1, 0.15) is 285 Å². The summed E-state index contributed by atoms with van der Waals surface area (Å²) in [5.41, 5.74) is 31.2. The van der Waals surface area contributed by atoms with E-state index >= 15 is 0 Å². The number of unbranched alkanes of at least 4 members (excludes halogenated alkanes) is 20. The van der Waals surface area contributed by atoms with Crippen molar-refractivity contribution in [2.45, 2.75) is 264 Å². The standard InChI is InChI=1S/C95H109NO2/c1-10-14-18-22-26-36-56-94(57-37-27-23-19-15-11-2)76-54-55-83-85(71-41-31-34-44-81(71)97-83)84(76)74-63-79-73(62-80(74)94)68-52-50-67(61-78(68)95(79,58-38-28-24-20-16-12-3)59-39-29-25-21-17-13-4)96(65-48-46-64(5)47-49-65)66-51-53-70-77(60-66)93(8,9)89-86(70)87-72-42-32-35-45-82(72)98-91(87)88-69-40-30-33-43-75(69)92(6,7)90(88)89/h30-35,40-55,60-63H,10-29,36-39,56-59H2,1-9H3. The molecule has 11 aromatic rings. The van der Waals surface area contributed by atoms with Gasteiger partial charge in [0.15, 0.2) is 0 Å². The van der Waals surface area contributed by atoms with Gasteiger partial charge < -0.3 is 13.7 Å². The lowest BCUT2D eigenvalue weighted by molar-refractivity contribution is 0.394. The van der Waals surface area contributed by atoms with Crippen molar-refractivity contribution in [3.8, 4) is 44.5 Å². The zero-order chi connectivity index (χ0) is 67.3. The van der Waals surface area contributed by atoms with E-state index in [9.17, 15) is 0 Å². The summed E-state index contributed by atoms with van der Waals surface area (Å²) < 4.78 is 14.1. The van der Waals surface area contributed by atoms with Crippen LogP contribution in [0.2, 0.25) is 0 Å². The first kappa shape index (κ1) is 66.3. The summed E-state index contributed by atoms with van der Waals surface area (Å²) in [6, 6.07) is 62.4. The molecule has 4 aliphatic rings. The van der Waals surface area contributed by atoms with Gasteiger partial charge in [0, 0.05) is 65.8 Å². The molecule has 0 saturated carbocycles. The van der Waals surface area contributed by atoms with Gasteiger partial charge in [0.05, 0.1) is 0 Å². The van der Waals surface area contributed by atoms with Crippen molar-refractivity contribution in [3.63, 3.8) is 0 Å². The van der Waals surface area contributed by atoms with Crippen molar-refractivity contribution in [2.75, 3.05) is 4.90 Å². The number of anilines is 3. The highest BCUT2D eigenvalue weighted by molar-refractivity contribution is 6.21. The van der Waals surface area contributed by atoms with Gasteiger partial charge in [0.2, 0.25) is 0 Å². The van der Waals surface area contributed by atoms with E-state index in [1.165, 1.54) is 278 Å². The van der Waals surface area contributed by atoms with Crippen molar-refractivity contribution in [2.24, 2.45) is 0 Å². The fraction of sp³-hybridized carbons (Fsp3) is 0.432. The lowest BCUT2D eigenvalue weighted by atomic mass is 9.68. The van der Waals surface area contributed by atoms with Gasteiger partial charge in [-0.1, -0.05) is 306 Å². The molecular weight excluding hydrogens is 1190 g/mol. The maximum Gasteiger partial charge on any atom is 0.144 e. The summed E-state index contributed by atoms with van der Waals surface area (Å²) in [4.78, 5) is 2.64. The van der Waals surface area contributed by atoms with Gasteiger partial charge >= 0.3 is 0 Å². The zero-order valence-corrected chi connectivity index (χ0v) is 61.1. The van der Waals surface area contributed by atoms with Crippen LogP contribution >= 0.6 is 0 Å². The van der Waals surface area contributed by atoms with E-state index in [-0.39, 0.29) is 21.7 Å². The summed E-state index contributed by atoms with van der Waals surface area (Å²) in [5.74, 6) is 0. The number of nitrogens with zero attached hydrogens (tertiary/aromatic N) is 1. The van der Waals surface area contributed by atoms with Crippen LogP contribution in [0.3, 0.4) is 0 Å². The predicted molar refractivity (Wildman–Crippen MR) is 420 cm³/mol. The Morgan fingerprint density at radius 3 is 1.35 bits per heavy atom. The second kappa shape index (κ2) is 27.5. The molecule has 0 fully saturated rings. The SMILES string of the molecule is CCCCCCCCC1(CCCCCCCC)c2cc(N(c3ccc(C)cc3)c3ccc4c(c3)C(C)(C)c3c5c(c6oc7ccccc7c6c3-4)-c3ccccc3C5(C)C)ccc2-c2cc3c(cc21)-c1c(ccc2oc4ccccc4c12)C3(CCCCCCCC)CCCCCCCC. The van der Waals surface area contributed by atoms with Gasteiger partial charge in [-0.15, -0.1) is 0 Å². The highest BCUT2D eigenvalue weighted by atomic mass is 16.3. The molecule has 0 saturated heterocycles. The Morgan fingerprint density at radius 1 is 0.306 bits per heavy atom. The minimum atomic E-state index is -0.328. The maximum atomic E-state index is 7.14.